The van der Waals surface area contributed by atoms with Crippen LogP contribution in [0.2, 0.25) is 0 Å². The summed E-state index contributed by atoms with van der Waals surface area (Å²) in [6.07, 6.45) is 0.774. The molecule has 0 unspecified atom stereocenters. The minimum Gasteiger partial charge on any atom is -0.389 e. The van der Waals surface area contributed by atoms with Crippen molar-refractivity contribution in [3.05, 3.63) is 35.4 Å². The lowest BCUT2D eigenvalue weighted by molar-refractivity contribution is 0.0925. The van der Waals surface area contributed by atoms with E-state index >= 15 is 0 Å². The Kier molecular flexibility index (Phi) is 4.97. The summed E-state index contributed by atoms with van der Waals surface area (Å²) in [4.78, 5) is 2.18. The van der Waals surface area contributed by atoms with Crippen LogP contribution >= 0.6 is 0 Å². The first kappa shape index (κ1) is 14.5. The SMILES string of the molecule is CC(C)Cc1ccc(CN(C)[C@@H]2COC[C@H]2O)cc1. The van der Waals surface area contributed by atoms with Crippen molar-refractivity contribution < 1.29 is 9.84 Å². The van der Waals surface area contributed by atoms with E-state index in [9.17, 15) is 5.11 Å². The van der Waals surface area contributed by atoms with E-state index in [2.05, 4.69) is 43.0 Å². The fourth-order valence-electron chi connectivity index (χ4n) is 2.61. The molecule has 1 fully saturated rings. The Morgan fingerprint density at radius 1 is 1.21 bits per heavy atom. The summed E-state index contributed by atoms with van der Waals surface area (Å²) in [5.41, 5.74) is 2.68. The van der Waals surface area contributed by atoms with Gasteiger partial charge in [0.05, 0.1) is 25.4 Å². The van der Waals surface area contributed by atoms with Gasteiger partial charge in [0.15, 0.2) is 0 Å². The molecule has 19 heavy (non-hydrogen) atoms. The van der Waals surface area contributed by atoms with Gasteiger partial charge in [-0.15, -0.1) is 0 Å². The fraction of sp³-hybridized carbons (Fsp3) is 0.625. The van der Waals surface area contributed by atoms with E-state index in [-0.39, 0.29) is 12.1 Å². The molecule has 1 aliphatic rings. The third-order valence-electron chi connectivity index (χ3n) is 3.69. The van der Waals surface area contributed by atoms with E-state index in [1.54, 1.807) is 0 Å². The molecule has 3 nitrogen and oxygen atoms in total. The zero-order chi connectivity index (χ0) is 13.8. The maximum Gasteiger partial charge on any atom is 0.0950 e. The van der Waals surface area contributed by atoms with Crippen molar-refractivity contribution in [2.75, 3.05) is 20.3 Å². The molecule has 1 N–H and O–H groups in total. The Hall–Kier alpha value is -0.900. The van der Waals surface area contributed by atoms with Crippen molar-refractivity contribution in [2.24, 2.45) is 5.92 Å². The zero-order valence-electron chi connectivity index (χ0n) is 12.2. The minimum atomic E-state index is -0.356. The molecule has 0 radical (unpaired) electrons. The molecule has 0 spiro atoms. The number of nitrogens with zero attached hydrogens (tertiary/aromatic N) is 1. The molecule has 106 valence electrons. The molecular weight excluding hydrogens is 238 g/mol. The number of aliphatic hydroxyl groups is 1. The van der Waals surface area contributed by atoms with Crippen molar-refractivity contribution in [1.29, 1.82) is 0 Å². The van der Waals surface area contributed by atoms with Gasteiger partial charge in [-0.1, -0.05) is 38.1 Å². The fourth-order valence-corrected chi connectivity index (χ4v) is 2.61. The van der Waals surface area contributed by atoms with Gasteiger partial charge in [0, 0.05) is 6.54 Å². The van der Waals surface area contributed by atoms with Crippen LogP contribution in [0.1, 0.15) is 25.0 Å². The van der Waals surface area contributed by atoms with Crippen LogP contribution in [0.15, 0.2) is 24.3 Å². The van der Waals surface area contributed by atoms with Crippen LogP contribution in [0, 0.1) is 5.92 Å². The Morgan fingerprint density at radius 2 is 1.84 bits per heavy atom. The molecule has 1 aromatic carbocycles. The third-order valence-corrected chi connectivity index (χ3v) is 3.69. The Labute approximate surface area is 116 Å². The van der Waals surface area contributed by atoms with Gasteiger partial charge in [0.1, 0.15) is 0 Å². The minimum absolute atomic E-state index is 0.121. The second kappa shape index (κ2) is 6.51. The van der Waals surface area contributed by atoms with Gasteiger partial charge in [-0.05, 0) is 30.5 Å². The lowest BCUT2D eigenvalue weighted by Crippen LogP contribution is -2.39. The van der Waals surface area contributed by atoms with Gasteiger partial charge < -0.3 is 9.84 Å². The predicted octanol–water partition coefficient (Wildman–Crippen LogP) is 2.08. The van der Waals surface area contributed by atoms with Crippen molar-refractivity contribution >= 4 is 0 Å². The number of hydrogen-bond acceptors (Lipinski definition) is 3. The van der Waals surface area contributed by atoms with Crippen LogP contribution in [0.3, 0.4) is 0 Å². The molecule has 1 aliphatic heterocycles. The molecule has 0 amide bonds. The number of benzene rings is 1. The van der Waals surface area contributed by atoms with Crippen LogP contribution in [-0.2, 0) is 17.7 Å². The molecular formula is C16H25NO2. The highest BCUT2D eigenvalue weighted by molar-refractivity contribution is 5.23. The zero-order valence-corrected chi connectivity index (χ0v) is 12.2. The van der Waals surface area contributed by atoms with E-state index < -0.39 is 0 Å². The van der Waals surface area contributed by atoms with E-state index in [1.807, 2.05) is 7.05 Å². The summed E-state index contributed by atoms with van der Waals surface area (Å²) < 4.78 is 5.30. The first-order valence-electron chi connectivity index (χ1n) is 7.10. The second-order valence-corrected chi connectivity index (χ2v) is 6.00. The van der Waals surface area contributed by atoms with Crippen molar-refractivity contribution in [3.63, 3.8) is 0 Å². The monoisotopic (exact) mass is 263 g/mol. The van der Waals surface area contributed by atoms with Crippen LogP contribution in [-0.4, -0.2) is 42.4 Å². The molecule has 0 aromatic heterocycles. The van der Waals surface area contributed by atoms with E-state index in [1.165, 1.54) is 11.1 Å². The van der Waals surface area contributed by atoms with Crippen molar-refractivity contribution in [2.45, 2.75) is 39.0 Å². The maximum atomic E-state index is 9.81. The molecule has 0 saturated carbocycles. The Balaban J connectivity index is 1.91. The van der Waals surface area contributed by atoms with Crippen LogP contribution in [0.5, 0.6) is 0 Å². The summed E-state index contributed by atoms with van der Waals surface area (Å²) in [7, 11) is 2.05. The van der Waals surface area contributed by atoms with Gasteiger partial charge in [0.2, 0.25) is 0 Å². The van der Waals surface area contributed by atoms with Crippen LogP contribution in [0.4, 0.5) is 0 Å². The quantitative estimate of drug-likeness (QED) is 0.883. The average molecular weight is 263 g/mol. The molecule has 1 saturated heterocycles. The standard InChI is InChI=1S/C16H25NO2/c1-12(2)8-13-4-6-14(7-5-13)9-17(3)15-10-19-11-16(15)18/h4-7,12,15-16,18H,8-11H2,1-3H3/t15-,16-/m1/s1. The lowest BCUT2D eigenvalue weighted by atomic mass is 10.0. The van der Waals surface area contributed by atoms with Crippen LogP contribution < -0.4 is 0 Å². The predicted molar refractivity (Wildman–Crippen MR) is 77.1 cm³/mol. The van der Waals surface area contributed by atoms with Gasteiger partial charge >= 0.3 is 0 Å². The number of likely N-dealkylation sites (N-methyl/N-ethyl adjacent to an activating group) is 1. The first-order chi connectivity index (χ1) is 9.06. The molecule has 1 heterocycles. The second-order valence-electron chi connectivity index (χ2n) is 6.00. The van der Waals surface area contributed by atoms with Crippen LogP contribution in [0.25, 0.3) is 0 Å². The maximum absolute atomic E-state index is 9.81. The van der Waals surface area contributed by atoms with Gasteiger partial charge in [0.25, 0.3) is 0 Å². The number of rotatable bonds is 5. The molecule has 3 heteroatoms. The molecule has 2 rings (SSSR count). The van der Waals surface area contributed by atoms with E-state index in [4.69, 9.17) is 4.74 Å². The molecule has 0 bridgehead atoms. The number of aliphatic hydroxyl groups excluding tert-OH is 1. The third kappa shape index (κ3) is 4.03. The summed E-state index contributed by atoms with van der Waals surface area (Å²) in [6, 6.07) is 8.93. The summed E-state index contributed by atoms with van der Waals surface area (Å²) in [6.45, 7) is 6.42. The number of ether oxygens (including phenoxy) is 1. The van der Waals surface area contributed by atoms with Crippen molar-refractivity contribution in [1.82, 2.24) is 4.90 Å². The highest BCUT2D eigenvalue weighted by Crippen LogP contribution is 2.16. The van der Waals surface area contributed by atoms with Gasteiger partial charge in [-0.3, -0.25) is 4.90 Å². The van der Waals surface area contributed by atoms with Gasteiger partial charge in [-0.2, -0.15) is 0 Å². The van der Waals surface area contributed by atoms with Gasteiger partial charge in [-0.25, -0.2) is 0 Å². The first-order valence-corrected chi connectivity index (χ1v) is 7.10. The smallest absolute Gasteiger partial charge is 0.0950 e. The normalized spacial score (nSPS) is 23.5. The summed E-state index contributed by atoms with van der Waals surface area (Å²) >= 11 is 0. The summed E-state index contributed by atoms with van der Waals surface area (Å²) in [5, 5.41) is 9.81. The number of hydrogen-bond donors (Lipinski definition) is 1. The highest BCUT2D eigenvalue weighted by atomic mass is 16.5. The van der Waals surface area contributed by atoms with E-state index in [0.29, 0.717) is 19.1 Å². The largest absolute Gasteiger partial charge is 0.389 e. The molecule has 1 aromatic rings. The Bertz CT molecular complexity index is 388. The molecule has 0 aliphatic carbocycles. The van der Waals surface area contributed by atoms with E-state index in [0.717, 1.165) is 13.0 Å². The summed E-state index contributed by atoms with van der Waals surface area (Å²) in [5.74, 6) is 0.694. The lowest BCUT2D eigenvalue weighted by Gasteiger charge is -2.25. The highest BCUT2D eigenvalue weighted by Gasteiger charge is 2.29. The topological polar surface area (TPSA) is 32.7 Å². The Morgan fingerprint density at radius 3 is 2.37 bits per heavy atom. The average Bonchev–Trinajstić information content (AvgIpc) is 2.77. The molecule has 2 atom stereocenters. The van der Waals surface area contributed by atoms with Crippen molar-refractivity contribution in [3.8, 4) is 0 Å².